The Labute approximate surface area is 119 Å². The summed E-state index contributed by atoms with van der Waals surface area (Å²) in [5.41, 5.74) is 4.02. The lowest BCUT2D eigenvalue weighted by atomic mass is 9.92. The van der Waals surface area contributed by atoms with Crippen LogP contribution in [0.5, 0.6) is 0 Å². The molecule has 1 aliphatic carbocycles. The van der Waals surface area contributed by atoms with Crippen molar-refractivity contribution < 1.29 is 14.6 Å². The van der Waals surface area contributed by atoms with Gasteiger partial charge in [-0.1, -0.05) is 23.8 Å². The molecule has 1 saturated heterocycles. The van der Waals surface area contributed by atoms with Gasteiger partial charge in [0.15, 0.2) is 5.79 Å². The van der Waals surface area contributed by atoms with E-state index in [-0.39, 0.29) is 18.0 Å². The highest BCUT2D eigenvalue weighted by Crippen LogP contribution is 2.43. The third kappa shape index (κ3) is 2.55. The fraction of sp³-hybridized carbons (Fsp3) is 0.600. The van der Waals surface area contributed by atoms with Gasteiger partial charge in [-0.25, -0.2) is 0 Å². The molecule has 2 heterocycles. The number of ether oxygens (including phenoxy) is 2. The van der Waals surface area contributed by atoms with Crippen molar-refractivity contribution in [2.75, 3.05) is 13.2 Å². The first-order valence-corrected chi connectivity index (χ1v) is 7.29. The maximum Gasteiger partial charge on any atom is 0.174 e. The zero-order chi connectivity index (χ0) is 13.5. The predicted octanol–water partition coefficient (Wildman–Crippen LogP) is 2.39. The highest BCUT2D eigenvalue weighted by molar-refractivity contribution is 7.81. The Kier molecular flexibility index (Phi) is 3.60. The molecular formula is C15H20O3S. The maximum absolute atomic E-state index is 9.30. The van der Waals surface area contributed by atoms with Crippen molar-refractivity contribution in [3.8, 4) is 0 Å². The molecule has 104 valence electrons. The number of aliphatic hydroxyl groups is 1. The van der Waals surface area contributed by atoms with Crippen LogP contribution in [0.25, 0.3) is 0 Å². The summed E-state index contributed by atoms with van der Waals surface area (Å²) in [5.74, 6) is -0.582. The van der Waals surface area contributed by atoms with Gasteiger partial charge in [-0.05, 0) is 24.5 Å². The van der Waals surface area contributed by atoms with Crippen molar-refractivity contribution >= 4 is 12.6 Å². The maximum atomic E-state index is 9.30. The number of hydrogen-bond donors (Lipinski definition) is 2. The summed E-state index contributed by atoms with van der Waals surface area (Å²) >= 11 is 4.50. The fourth-order valence-corrected chi connectivity index (χ4v) is 3.49. The topological polar surface area (TPSA) is 38.7 Å². The fourth-order valence-electron chi connectivity index (χ4n) is 3.06. The molecule has 1 N–H and O–H groups in total. The summed E-state index contributed by atoms with van der Waals surface area (Å²) in [4.78, 5) is 0. The quantitative estimate of drug-likeness (QED) is 0.724. The number of hydrogen-bond acceptors (Lipinski definition) is 4. The molecule has 1 spiro atoms. The van der Waals surface area contributed by atoms with E-state index in [9.17, 15) is 5.11 Å². The molecule has 0 bridgehead atoms. The average Bonchev–Trinajstić information content (AvgIpc) is 2.56. The molecule has 1 fully saturated rings. The van der Waals surface area contributed by atoms with Crippen LogP contribution in [-0.2, 0) is 9.47 Å². The zero-order valence-electron chi connectivity index (χ0n) is 11.1. The molecule has 3 aliphatic rings. The molecular weight excluding hydrogens is 260 g/mol. The van der Waals surface area contributed by atoms with Crippen LogP contribution in [0.15, 0.2) is 34.9 Å². The van der Waals surface area contributed by atoms with Gasteiger partial charge in [0.1, 0.15) is 0 Å². The van der Waals surface area contributed by atoms with Gasteiger partial charge in [0, 0.05) is 18.1 Å². The van der Waals surface area contributed by atoms with E-state index in [4.69, 9.17) is 9.47 Å². The first-order chi connectivity index (χ1) is 9.12. The van der Waals surface area contributed by atoms with Crippen LogP contribution < -0.4 is 0 Å². The summed E-state index contributed by atoms with van der Waals surface area (Å²) < 4.78 is 11.9. The van der Waals surface area contributed by atoms with Crippen molar-refractivity contribution in [2.45, 2.75) is 43.3 Å². The van der Waals surface area contributed by atoms with Crippen molar-refractivity contribution in [1.29, 1.82) is 0 Å². The van der Waals surface area contributed by atoms with Gasteiger partial charge < -0.3 is 14.6 Å². The molecule has 2 aliphatic heterocycles. The first-order valence-electron chi connectivity index (χ1n) is 6.77. The van der Waals surface area contributed by atoms with E-state index in [1.807, 2.05) is 0 Å². The van der Waals surface area contributed by atoms with Crippen LogP contribution in [0.3, 0.4) is 0 Å². The Bertz CT molecular complexity index is 466. The van der Waals surface area contributed by atoms with Gasteiger partial charge in [-0.15, -0.1) is 0 Å². The molecule has 3 unspecified atom stereocenters. The van der Waals surface area contributed by atoms with E-state index in [0.717, 1.165) is 19.3 Å². The molecule has 0 radical (unpaired) electrons. The average molecular weight is 280 g/mol. The highest BCUT2D eigenvalue weighted by Gasteiger charge is 2.48. The third-order valence-electron chi connectivity index (χ3n) is 4.09. The molecule has 4 heteroatoms. The predicted molar refractivity (Wildman–Crippen MR) is 77.2 cm³/mol. The molecule has 19 heavy (non-hydrogen) atoms. The molecule has 0 saturated carbocycles. The molecule has 3 atom stereocenters. The SMILES string of the molecule is CC1=CC=CC2=C(COC3(C2)CC(S)C(CO)O3)C1. The largest absolute Gasteiger partial charge is 0.394 e. The summed E-state index contributed by atoms with van der Waals surface area (Å²) in [6, 6.07) is 0. The van der Waals surface area contributed by atoms with Crippen LogP contribution in [0.4, 0.5) is 0 Å². The standard InChI is InChI=1S/C15H20O3S/c1-10-3-2-4-11-6-15(17-9-12(11)5-10)7-14(19)13(8-16)18-15/h2-4,13-14,16,19H,5-9H2,1H3. The van der Waals surface area contributed by atoms with Crippen LogP contribution in [-0.4, -0.2) is 35.5 Å². The minimum Gasteiger partial charge on any atom is -0.394 e. The van der Waals surface area contributed by atoms with Gasteiger partial charge in [-0.3, -0.25) is 0 Å². The minimum atomic E-state index is -0.582. The van der Waals surface area contributed by atoms with Crippen LogP contribution >= 0.6 is 12.6 Å². The van der Waals surface area contributed by atoms with Gasteiger partial charge in [0.05, 0.1) is 19.3 Å². The number of allylic oxidation sites excluding steroid dienone is 4. The summed E-state index contributed by atoms with van der Waals surface area (Å²) in [7, 11) is 0. The van der Waals surface area contributed by atoms with Crippen molar-refractivity contribution in [1.82, 2.24) is 0 Å². The van der Waals surface area contributed by atoms with Crippen molar-refractivity contribution in [3.05, 3.63) is 34.9 Å². The number of thiol groups is 1. The molecule has 0 aromatic rings. The highest BCUT2D eigenvalue weighted by atomic mass is 32.1. The summed E-state index contributed by atoms with van der Waals surface area (Å²) in [5, 5.41) is 9.34. The zero-order valence-corrected chi connectivity index (χ0v) is 12.0. The molecule has 0 aromatic carbocycles. The lowest BCUT2D eigenvalue weighted by Gasteiger charge is -2.35. The minimum absolute atomic E-state index is 0.00167. The second kappa shape index (κ2) is 5.09. The lowest BCUT2D eigenvalue weighted by molar-refractivity contribution is -0.229. The summed E-state index contributed by atoms with van der Waals surface area (Å²) in [6.45, 7) is 2.76. The van der Waals surface area contributed by atoms with Crippen LogP contribution in [0.2, 0.25) is 0 Å². The van der Waals surface area contributed by atoms with Gasteiger partial charge in [0.2, 0.25) is 0 Å². The Morgan fingerprint density at radius 1 is 1.53 bits per heavy atom. The Morgan fingerprint density at radius 2 is 2.37 bits per heavy atom. The second-order valence-electron chi connectivity index (χ2n) is 5.66. The van der Waals surface area contributed by atoms with E-state index in [1.54, 1.807) is 0 Å². The van der Waals surface area contributed by atoms with Gasteiger partial charge in [-0.2, -0.15) is 12.6 Å². The molecule has 3 nitrogen and oxygen atoms in total. The van der Waals surface area contributed by atoms with Gasteiger partial charge in [0.25, 0.3) is 0 Å². The van der Waals surface area contributed by atoms with E-state index >= 15 is 0 Å². The normalized spacial score (nSPS) is 38.4. The number of aliphatic hydroxyl groups excluding tert-OH is 1. The molecule has 0 aromatic heterocycles. The Hall–Kier alpha value is -0.550. The molecule has 0 amide bonds. The lowest BCUT2D eigenvalue weighted by Crippen LogP contribution is -2.37. The van der Waals surface area contributed by atoms with Crippen molar-refractivity contribution in [3.63, 3.8) is 0 Å². The van der Waals surface area contributed by atoms with E-state index in [0.29, 0.717) is 6.61 Å². The first kappa shape index (κ1) is 13.4. The Morgan fingerprint density at radius 3 is 3.11 bits per heavy atom. The second-order valence-corrected chi connectivity index (χ2v) is 6.33. The van der Waals surface area contributed by atoms with Crippen LogP contribution in [0.1, 0.15) is 26.2 Å². The van der Waals surface area contributed by atoms with Crippen LogP contribution in [0, 0.1) is 0 Å². The van der Waals surface area contributed by atoms with E-state index in [2.05, 4.69) is 37.8 Å². The van der Waals surface area contributed by atoms with Crippen molar-refractivity contribution in [2.24, 2.45) is 0 Å². The smallest absolute Gasteiger partial charge is 0.174 e. The Balaban J connectivity index is 1.81. The monoisotopic (exact) mass is 280 g/mol. The molecule has 3 rings (SSSR count). The summed E-state index contributed by atoms with van der Waals surface area (Å²) in [6.07, 6.45) is 8.67. The third-order valence-corrected chi connectivity index (χ3v) is 4.60. The number of rotatable bonds is 1. The van der Waals surface area contributed by atoms with E-state index < -0.39 is 5.79 Å². The van der Waals surface area contributed by atoms with E-state index in [1.165, 1.54) is 16.7 Å². The van der Waals surface area contributed by atoms with Gasteiger partial charge >= 0.3 is 0 Å².